The first-order valence-electron chi connectivity index (χ1n) is 11.1. The average molecular weight is 461 g/mol. The van der Waals surface area contributed by atoms with Crippen molar-refractivity contribution >= 4 is 32.6 Å². The van der Waals surface area contributed by atoms with Crippen LogP contribution in [0.15, 0.2) is 60.7 Å². The van der Waals surface area contributed by atoms with Crippen LogP contribution in [0.25, 0.3) is 10.2 Å². The number of thiazole rings is 1. The number of rotatable bonds is 8. The van der Waals surface area contributed by atoms with E-state index in [4.69, 9.17) is 14.5 Å². The fourth-order valence-electron chi connectivity index (χ4n) is 3.81. The van der Waals surface area contributed by atoms with Crippen molar-refractivity contribution in [1.82, 2.24) is 4.98 Å². The quantitative estimate of drug-likeness (QED) is 0.299. The van der Waals surface area contributed by atoms with Gasteiger partial charge in [-0.15, -0.1) is 0 Å². The summed E-state index contributed by atoms with van der Waals surface area (Å²) in [6.07, 6.45) is 0. The van der Waals surface area contributed by atoms with E-state index in [1.807, 2.05) is 44.2 Å². The highest BCUT2D eigenvalue weighted by Gasteiger charge is 2.23. The van der Waals surface area contributed by atoms with Gasteiger partial charge in [-0.25, -0.2) is 4.98 Å². The van der Waals surface area contributed by atoms with Crippen molar-refractivity contribution in [3.8, 4) is 11.5 Å². The topological polar surface area (TPSA) is 51.7 Å². The lowest BCUT2D eigenvalue weighted by Gasteiger charge is -2.21. The Bertz CT molecular complexity index is 1270. The molecule has 5 nitrogen and oxygen atoms in total. The predicted molar refractivity (Wildman–Crippen MR) is 135 cm³/mol. The van der Waals surface area contributed by atoms with Crippen molar-refractivity contribution in [3.05, 3.63) is 82.9 Å². The van der Waals surface area contributed by atoms with Crippen LogP contribution in [-0.4, -0.2) is 24.1 Å². The Hall–Kier alpha value is -3.38. The molecular formula is C27H28N2O3S. The van der Waals surface area contributed by atoms with Gasteiger partial charge in [-0.3, -0.25) is 9.69 Å². The molecule has 0 spiro atoms. The maximum absolute atomic E-state index is 13.8. The summed E-state index contributed by atoms with van der Waals surface area (Å²) in [5.74, 6) is 1.08. The number of nitrogens with zero attached hydrogens (tertiary/aromatic N) is 2. The Labute approximate surface area is 198 Å². The number of fused-ring (bicyclic) bond motifs is 1. The molecule has 0 aliphatic heterocycles. The van der Waals surface area contributed by atoms with E-state index < -0.39 is 0 Å². The molecule has 4 rings (SSSR count). The number of hydrogen-bond donors (Lipinski definition) is 0. The van der Waals surface area contributed by atoms with Crippen molar-refractivity contribution in [2.75, 3.05) is 18.1 Å². The van der Waals surface area contributed by atoms with Gasteiger partial charge in [-0.2, -0.15) is 0 Å². The highest BCUT2D eigenvalue weighted by molar-refractivity contribution is 7.22. The zero-order chi connectivity index (χ0) is 23.4. The summed E-state index contributed by atoms with van der Waals surface area (Å²) in [5, 5.41) is 0.680. The van der Waals surface area contributed by atoms with Gasteiger partial charge in [0.1, 0.15) is 0 Å². The second kappa shape index (κ2) is 10.0. The lowest BCUT2D eigenvalue weighted by Crippen LogP contribution is -2.30. The third-order valence-electron chi connectivity index (χ3n) is 5.26. The Morgan fingerprint density at radius 1 is 0.939 bits per heavy atom. The smallest absolute Gasteiger partial charge is 0.260 e. The van der Waals surface area contributed by atoms with Crippen LogP contribution in [0.1, 0.15) is 40.9 Å². The summed E-state index contributed by atoms with van der Waals surface area (Å²) in [7, 11) is 0. The van der Waals surface area contributed by atoms with E-state index >= 15 is 0 Å². The van der Waals surface area contributed by atoms with E-state index in [2.05, 4.69) is 26.0 Å². The molecule has 33 heavy (non-hydrogen) atoms. The van der Waals surface area contributed by atoms with Crippen molar-refractivity contribution in [3.63, 3.8) is 0 Å². The lowest BCUT2D eigenvalue weighted by atomic mass is 10.1. The minimum absolute atomic E-state index is 0.128. The SMILES string of the molecule is CCOc1ccc(C(=O)N(Cc2ccccc2)c2nc3cc(C)cc(C)c3s2)cc1OCC. The largest absolute Gasteiger partial charge is 0.490 e. The van der Waals surface area contributed by atoms with Crippen LogP contribution in [0.5, 0.6) is 11.5 Å². The highest BCUT2D eigenvalue weighted by Crippen LogP contribution is 2.35. The monoisotopic (exact) mass is 460 g/mol. The predicted octanol–water partition coefficient (Wildman–Crippen LogP) is 6.56. The van der Waals surface area contributed by atoms with Crippen molar-refractivity contribution in [1.29, 1.82) is 0 Å². The molecule has 0 N–H and O–H groups in total. The van der Waals surface area contributed by atoms with E-state index in [1.54, 1.807) is 34.4 Å². The van der Waals surface area contributed by atoms with E-state index in [-0.39, 0.29) is 5.91 Å². The minimum atomic E-state index is -0.128. The number of hydrogen-bond acceptors (Lipinski definition) is 5. The first kappa shape index (κ1) is 22.8. The molecule has 0 saturated heterocycles. The molecule has 0 aliphatic carbocycles. The van der Waals surface area contributed by atoms with E-state index in [9.17, 15) is 4.79 Å². The maximum Gasteiger partial charge on any atom is 0.260 e. The molecule has 0 aliphatic rings. The highest BCUT2D eigenvalue weighted by atomic mass is 32.1. The molecule has 0 fully saturated rings. The summed E-state index contributed by atoms with van der Waals surface area (Å²) in [6, 6.07) is 19.5. The molecule has 3 aromatic carbocycles. The fourth-order valence-corrected chi connectivity index (χ4v) is 4.83. The molecule has 0 unspecified atom stereocenters. The molecule has 4 aromatic rings. The third kappa shape index (κ3) is 5.01. The Morgan fingerprint density at radius 2 is 1.67 bits per heavy atom. The summed E-state index contributed by atoms with van der Waals surface area (Å²) >= 11 is 1.55. The number of aromatic nitrogens is 1. The molecule has 1 aromatic heterocycles. The van der Waals surface area contributed by atoms with Crippen molar-refractivity contribution in [2.45, 2.75) is 34.2 Å². The van der Waals surface area contributed by atoms with Gasteiger partial charge in [-0.1, -0.05) is 47.7 Å². The third-order valence-corrected chi connectivity index (χ3v) is 6.49. The second-order valence-corrected chi connectivity index (χ2v) is 8.81. The van der Waals surface area contributed by atoms with Gasteiger partial charge in [0, 0.05) is 5.56 Å². The Morgan fingerprint density at radius 3 is 2.39 bits per heavy atom. The van der Waals surface area contributed by atoms with Gasteiger partial charge in [-0.05, 0) is 68.7 Å². The summed E-state index contributed by atoms with van der Waals surface area (Å²) in [5.41, 5.74) is 4.81. The van der Waals surface area contributed by atoms with E-state index in [1.165, 1.54) is 5.56 Å². The zero-order valence-corrected chi connectivity index (χ0v) is 20.2. The molecule has 0 radical (unpaired) electrons. The number of amides is 1. The van der Waals surface area contributed by atoms with Gasteiger partial charge < -0.3 is 9.47 Å². The maximum atomic E-state index is 13.8. The second-order valence-electron chi connectivity index (χ2n) is 7.83. The van der Waals surface area contributed by atoms with Gasteiger partial charge in [0.25, 0.3) is 5.91 Å². The molecular weight excluding hydrogens is 432 g/mol. The molecule has 0 saturated carbocycles. The van der Waals surface area contributed by atoms with Crippen molar-refractivity contribution in [2.24, 2.45) is 0 Å². The number of benzene rings is 3. The summed E-state index contributed by atoms with van der Waals surface area (Å²) in [4.78, 5) is 20.4. The molecule has 6 heteroatoms. The first-order chi connectivity index (χ1) is 16.0. The summed E-state index contributed by atoms with van der Waals surface area (Å²) < 4.78 is 12.5. The van der Waals surface area contributed by atoms with Crippen LogP contribution in [0.2, 0.25) is 0 Å². The van der Waals surface area contributed by atoms with E-state index in [0.717, 1.165) is 21.3 Å². The van der Waals surface area contributed by atoms with Crippen LogP contribution in [-0.2, 0) is 6.54 Å². The number of carbonyl (C=O) groups is 1. The molecule has 1 amide bonds. The van der Waals surface area contributed by atoms with Crippen LogP contribution in [0.3, 0.4) is 0 Å². The molecule has 0 atom stereocenters. The average Bonchev–Trinajstić information content (AvgIpc) is 3.23. The fraction of sp³-hybridized carbons (Fsp3) is 0.259. The van der Waals surface area contributed by atoms with E-state index in [0.29, 0.717) is 42.0 Å². The normalized spacial score (nSPS) is 10.9. The standard InChI is InChI=1S/C27H28N2O3S/c1-5-31-23-13-12-21(16-24(23)32-6-2)26(30)29(17-20-10-8-7-9-11-20)27-28-22-15-18(3)14-19(4)25(22)33-27/h7-16H,5-6,17H2,1-4H3. The first-order valence-corrected chi connectivity index (χ1v) is 11.9. The molecule has 170 valence electrons. The van der Waals surface area contributed by atoms with Gasteiger partial charge >= 0.3 is 0 Å². The minimum Gasteiger partial charge on any atom is -0.490 e. The molecule has 1 heterocycles. The zero-order valence-electron chi connectivity index (χ0n) is 19.4. The number of anilines is 1. The van der Waals surface area contributed by atoms with Gasteiger partial charge in [0.2, 0.25) is 0 Å². The molecule has 0 bridgehead atoms. The Balaban J connectivity index is 1.77. The Kier molecular flexibility index (Phi) is 6.94. The van der Waals surface area contributed by atoms with Gasteiger partial charge in [0.05, 0.1) is 30.0 Å². The lowest BCUT2D eigenvalue weighted by molar-refractivity contribution is 0.0984. The van der Waals surface area contributed by atoms with Crippen LogP contribution < -0.4 is 14.4 Å². The van der Waals surface area contributed by atoms with Gasteiger partial charge in [0.15, 0.2) is 16.6 Å². The number of carbonyl (C=O) groups excluding carboxylic acids is 1. The van der Waals surface area contributed by atoms with Crippen molar-refractivity contribution < 1.29 is 14.3 Å². The number of aryl methyl sites for hydroxylation is 2. The number of ether oxygens (including phenoxy) is 2. The summed E-state index contributed by atoms with van der Waals surface area (Å²) in [6.45, 7) is 9.42. The van der Waals surface area contributed by atoms with Crippen LogP contribution >= 0.6 is 11.3 Å². The van der Waals surface area contributed by atoms with Crippen LogP contribution in [0.4, 0.5) is 5.13 Å². The van der Waals surface area contributed by atoms with Crippen LogP contribution in [0, 0.1) is 13.8 Å².